The Morgan fingerprint density at radius 1 is 1.38 bits per heavy atom. The zero-order valence-corrected chi connectivity index (χ0v) is 16.3. The van der Waals surface area contributed by atoms with Crippen LogP contribution in [0.1, 0.15) is 23.5 Å². The molecule has 1 fully saturated rings. The van der Waals surface area contributed by atoms with E-state index in [-0.39, 0.29) is 29.8 Å². The van der Waals surface area contributed by atoms with Crippen LogP contribution in [0.15, 0.2) is 41.7 Å². The Morgan fingerprint density at radius 2 is 2.12 bits per heavy atom. The fourth-order valence-corrected chi connectivity index (χ4v) is 2.99. The highest BCUT2D eigenvalue weighted by atomic mass is 127. The van der Waals surface area contributed by atoms with Crippen molar-refractivity contribution in [2.45, 2.75) is 18.9 Å². The number of benzene rings is 1. The third kappa shape index (κ3) is 4.46. The molecule has 1 aromatic carbocycles. The first kappa shape index (κ1) is 18.7. The number of nitrogens with one attached hydrogen (secondary N) is 1. The summed E-state index contributed by atoms with van der Waals surface area (Å²) in [6, 6.07) is 6.54. The highest BCUT2D eigenvalue weighted by Gasteiger charge is 2.26. The van der Waals surface area contributed by atoms with Gasteiger partial charge in [-0.1, -0.05) is 12.1 Å². The van der Waals surface area contributed by atoms with Gasteiger partial charge in [-0.25, -0.2) is 4.39 Å². The molecule has 7 heteroatoms. The Kier molecular flexibility index (Phi) is 6.59. The Labute approximate surface area is 159 Å². The summed E-state index contributed by atoms with van der Waals surface area (Å²) in [4.78, 5) is 6.64. The van der Waals surface area contributed by atoms with Crippen molar-refractivity contribution in [1.82, 2.24) is 20.0 Å². The zero-order chi connectivity index (χ0) is 16.2. The summed E-state index contributed by atoms with van der Waals surface area (Å²) in [5.41, 5.74) is 2.32. The Balaban J connectivity index is 0.00000208. The maximum absolute atomic E-state index is 12.9. The molecule has 0 saturated carbocycles. The quantitative estimate of drug-likeness (QED) is 0.451. The number of aliphatic imine (C=N–C) groups is 1. The van der Waals surface area contributed by atoms with Crippen LogP contribution in [0.3, 0.4) is 0 Å². The molecule has 1 atom stereocenters. The van der Waals surface area contributed by atoms with Crippen LogP contribution in [0, 0.1) is 5.82 Å². The van der Waals surface area contributed by atoms with Gasteiger partial charge in [0.2, 0.25) is 0 Å². The van der Waals surface area contributed by atoms with Gasteiger partial charge in [0.25, 0.3) is 0 Å². The molecule has 1 unspecified atom stereocenters. The van der Waals surface area contributed by atoms with Gasteiger partial charge in [0, 0.05) is 45.8 Å². The van der Waals surface area contributed by atoms with Crippen LogP contribution in [0.2, 0.25) is 0 Å². The molecule has 2 aromatic rings. The van der Waals surface area contributed by atoms with Crippen molar-refractivity contribution in [2.24, 2.45) is 12.0 Å². The van der Waals surface area contributed by atoms with Crippen LogP contribution in [-0.4, -0.2) is 40.8 Å². The third-order valence-corrected chi connectivity index (χ3v) is 4.26. The van der Waals surface area contributed by atoms with E-state index in [1.807, 2.05) is 17.9 Å². The van der Waals surface area contributed by atoms with E-state index in [4.69, 9.17) is 0 Å². The van der Waals surface area contributed by atoms with Gasteiger partial charge < -0.3 is 10.2 Å². The molecule has 1 aliphatic heterocycles. The van der Waals surface area contributed by atoms with Gasteiger partial charge in [-0.05, 0) is 29.7 Å². The molecule has 1 aliphatic rings. The van der Waals surface area contributed by atoms with E-state index < -0.39 is 0 Å². The Morgan fingerprint density at radius 3 is 2.75 bits per heavy atom. The number of hydrogen-bond acceptors (Lipinski definition) is 2. The van der Waals surface area contributed by atoms with Crippen LogP contribution < -0.4 is 5.32 Å². The summed E-state index contributed by atoms with van der Waals surface area (Å²) in [5, 5.41) is 7.61. The summed E-state index contributed by atoms with van der Waals surface area (Å²) in [6.45, 7) is 2.55. The number of likely N-dealkylation sites (tertiary alicyclic amines) is 1. The molecule has 3 rings (SSSR count). The van der Waals surface area contributed by atoms with Gasteiger partial charge in [0.15, 0.2) is 5.96 Å². The van der Waals surface area contributed by atoms with E-state index in [0.29, 0.717) is 12.5 Å². The lowest BCUT2D eigenvalue weighted by molar-refractivity contribution is 0.485. The first-order valence-corrected chi connectivity index (χ1v) is 7.84. The van der Waals surface area contributed by atoms with E-state index >= 15 is 0 Å². The molecule has 0 radical (unpaired) electrons. The van der Waals surface area contributed by atoms with Crippen molar-refractivity contribution in [2.75, 3.05) is 20.1 Å². The number of hydrogen-bond donors (Lipinski definition) is 1. The number of aromatic nitrogens is 2. The first-order chi connectivity index (χ1) is 11.2. The van der Waals surface area contributed by atoms with Crippen molar-refractivity contribution in [3.63, 3.8) is 0 Å². The lowest BCUT2D eigenvalue weighted by Gasteiger charge is -2.21. The van der Waals surface area contributed by atoms with Gasteiger partial charge in [-0.2, -0.15) is 5.10 Å². The molecule has 1 saturated heterocycles. The largest absolute Gasteiger partial charge is 0.352 e. The number of halogens is 2. The maximum Gasteiger partial charge on any atom is 0.193 e. The van der Waals surface area contributed by atoms with Crippen molar-refractivity contribution in [3.05, 3.63) is 53.6 Å². The highest BCUT2D eigenvalue weighted by Crippen LogP contribution is 2.26. The van der Waals surface area contributed by atoms with E-state index in [9.17, 15) is 4.39 Å². The molecule has 5 nitrogen and oxygen atoms in total. The number of guanidine groups is 1. The second-order valence-corrected chi connectivity index (χ2v) is 5.91. The molecule has 24 heavy (non-hydrogen) atoms. The second kappa shape index (κ2) is 8.46. The smallest absolute Gasteiger partial charge is 0.193 e. The number of rotatable bonds is 3. The molecular weight excluding hydrogens is 420 g/mol. The van der Waals surface area contributed by atoms with Crippen LogP contribution in [0.4, 0.5) is 4.39 Å². The van der Waals surface area contributed by atoms with E-state index in [1.165, 1.54) is 17.7 Å². The summed E-state index contributed by atoms with van der Waals surface area (Å²) >= 11 is 0. The third-order valence-electron chi connectivity index (χ3n) is 4.26. The van der Waals surface area contributed by atoms with Crippen LogP contribution >= 0.6 is 24.0 Å². The number of nitrogens with zero attached hydrogens (tertiary/aromatic N) is 4. The van der Waals surface area contributed by atoms with Gasteiger partial charge in [0.1, 0.15) is 5.82 Å². The Bertz CT molecular complexity index is 683. The average Bonchev–Trinajstić information content (AvgIpc) is 3.19. The minimum Gasteiger partial charge on any atom is -0.352 e. The Hall–Kier alpha value is -1.64. The summed E-state index contributed by atoms with van der Waals surface area (Å²) in [7, 11) is 3.74. The zero-order valence-electron chi connectivity index (χ0n) is 13.9. The lowest BCUT2D eigenvalue weighted by Crippen LogP contribution is -2.39. The standard InChI is InChI=1S/C17H22FN5.HI/c1-19-17(20-9-13-3-5-16(18)6-4-13)23-8-7-14(12-23)15-10-21-22(2)11-15;/h3-6,10-11,14H,7-9,12H2,1-2H3,(H,19,20);1H. The monoisotopic (exact) mass is 443 g/mol. The summed E-state index contributed by atoms with van der Waals surface area (Å²) < 4.78 is 14.8. The second-order valence-electron chi connectivity index (χ2n) is 5.91. The fourth-order valence-electron chi connectivity index (χ4n) is 2.99. The highest BCUT2D eigenvalue weighted by molar-refractivity contribution is 14.0. The molecule has 1 N–H and O–H groups in total. The SMILES string of the molecule is CN=C(NCc1ccc(F)cc1)N1CCC(c2cnn(C)c2)C1.I. The number of aryl methyl sites for hydroxylation is 1. The van der Waals surface area contributed by atoms with E-state index in [1.54, 1.807) is 19.2 Å². The maximum atomic E-state index is 12.9. The van der Waals surface area contributed by atoms with Crippen LogP contribution in [-0.2, 0) is 13.6 Å². The molecular formula is C17H23FIN5. The predicted molar refractivity (Wildman–Crippen MR) is 104 cm³/mol. The lowest BCUT2D eigenvalue weighted by atomic mass is 10.0. The van der Waals surface area contributed by atoms with Gasteiger partial charge in [-0.3, -0.25) is 9.67 Å². The molecule has 0 aliphatic carbocycles. The first-order valence-electron chi connectivity index (χ1n) is 7.84. The molecule has 0 amide bonds. The van der Waals surface area contributed by atoms with Gasteiger partial charge in [0.05, 0.1) is 6.20 Å². The molecule has 130 valence electrons. The van der Waals surface area contributed by atoms with Crippen molar-refractivity contribution in [1.29, 1.82) is 0 Å². The van der Waals surface area contributed by atoms with E-state index in [2.05, 4.69) is 26.5 Å². The average molecular weight is 443 g/mol. The minimum atomic E-state index is -0.211. The molecule has 2 heterocycles. The molecule has 0 spiro atoms. The fraction of sp³-hybridized carbons (Fsp3) is 0.412. The molecule has 0 bridgehead atoms. The van der Waals surface area contributed by atoms with Gasteiger partial charge >= 0.3 is 0 Å². The van der Waals surface area contributed by atoms with Crippen LogP contribution in [0.25, 0.3) is 0 Å². The summed E-state index contributed by atoms with van der Waals surface area (Å²) in [5.74, 6) is 1.17. The summed E-state index contributed by atoms with van der Waals surface area (Å²) in [6.07, 6.45) is 5.13. The van der Waals surface area contributed by atoms with Crippen molar-refractivity contribution in [3.8, 4) is 0 Å². The normalized spacial score (nSPS) is 17.7. The van der Waals surface area contributed by atoms with Gasteiger partial charge in [-0.15, -0.1) is 24.0 Å². The van der Waals surface area contributed by atoms with Crippen molar-refractivity contribution >= 4 is 29.9 Å². The van der Waals surface area contributed by atoms with E-state index in [0.717, 1.165) is 31.0 Å². The minimum absolute atomic E-state index is 0. The predicted octanol–water partition coefficient (Wildman–Crippen LogP) is 2.74. The topological polar surface area (TPSA) is 45.5 Å². The van der Waals surface area contributed by atoms with Crippen LogP contribution in [0.5, 0.6) is 0 Å². The van der Waals surface area contributed by atoms with Crippen molar-refractivity contribution < 1.29 is 4.39 Å². The molecule has 1 aromatic heterocycles.